The summed E-state index contributed by atoms with van der Waals surface area (Å²) in [4.78, 5) is 6.91. The summed E-state index contributed by atoms with van der Waals surface area (Å²) < 4.78 is 17.0. The van der Waals surface area contributed by atoms with E-state index in [0.717, 1.165) is 43.3 Å². The molecule has 2 N–H and O–H groups in total. The quantitative estimate of drug-likeness (QED) is 0.335. The summed E-state index contributed by atoms with van der Waals surface area (Å²) in [6, 6.07) is 6.31. The number of ether oxygens (including phenoxy) is 3. The number of aliphatic imine (C=N–C) groups is 1. The van der Waals surface area contributed by atoms with Gasteiger partial charge in [0, 0.05) is 64.5 Å². The highest BCUT2D eigenvalue weighted by molar-refractivity contribution is 5.79. The van der Waals surface area contributed by atoms with Crippen molar-refractivity contribution in [3.05, 3.63) is 29.3 Å². The fourth-order valence-electron chi connectivity index (χ4n) is 3.81. The van der Waals surface area contributed by atoms with Crippen LogP contribution in [0.4, 0.5) is 0 Å². The van der Waals surface area contributed by atoms with Crippen molar-refractivity contribution in [1.29, 1.82) is 0 Å². The standard InChI is InChI=1S/C24H42N4O3/c1-18-9-10-21(22(13-18)30-12-8-11-29-7)14-26-23(25-6)27-17-24(4,5)28-15-19(2)31-20(3)16-28/h9-10,13,19-20H,8,11-12,14-17H2,1-7H3,(H2,25,26,27). The molecule has 2 unspecified atom stereocenters. The molecule has 1 heterocycles. The lowest BCUT2D eigenvalue weighted by molar-refractivity contribution is -0.0946. The van der Waals surface area contributed by atoms with Gasteiger partial charge in [-0.1, -0.05) is 12.1 Å². The topological polar surface area (TPSA) is 67.4 Å². The van der Waals surface area contributed by atoms with E-state index in [1.807, 2.05) is 0 Å². The Bertz CT molecular complexity index is 698. The SMILES string of the molecule is CN=C(NCc1ccc(C)cc1OCCCOC)NCC(C)(C)N1CC(C)OC(C)C1. The lowest BCUT2D eigenvalue weighted by Gasteiger charge is -2.45. The summed E-state index contributed by atoms with van der Waals surface area (Å²) in [6.45, 7) is 15.6. The van der Waals surface area contributed by atoms with Crippen LogP contribution in [0.25, 0.3) is 0 Å². The van der Waals surface area contributed by atoms with Crippen molar-refractivity contribution < 1.29 is 14.2 Å². The van der Waals surface area contributed by atoms with Crippen molar-refractivity contribution in [3.8, 4) is 5.75 Å². The largest absolute Gasteiger partial charge is 0.493 e. The van der Waals surface area contributed by atoms with E-state index < -0.39 is 0 Å². The first-order chi connectivity index (χ1) is 14.7. The number of aryl methyl sites for hydroxylation is 1. The number of hydrogen-bond acceptors (Lipinski definition) is 5. The summed E-state index contributed by atoms with van der Waals surface area (Å²) in [7, 11) is 3.51. The highest BCUT2D eigenvalue weighted by Gasteiger charge is 2.33. The number of nitrogens with zero attached hydrogens (tertiary/aromatic N) is 2. The van der Waals surface area contributed by atoms with E-state index in [2.05, 4.69) is 73.3 Å². The highest BCUT2D eigenvalue weighted by atomic mass is 16.5. The Kier molecular flexibility index (Phi) is 10.1. The van der Waals surface area contributed by atoms with Crippen LogP contribution in [-0.4, -0.2) is 75.6 Å². The van der Waals surface area contributed by atoms with Gasteiger partial charge in [0.25, 0.3) is 0 Å². The average Bonchev–Trinajstić information content (AvgIpc) is 2.71. The molecule has 2 atom stereocenters. The number of morpholine rings is 1. The summed E-state index contributed by atoms with van der Waals surface area (Å²) in [5, 5.41) is 6.93. The van der Waals surface area contributed by atoms with Gasteiger partial charge in [-0.05, 0) is 46.2 Å². The van der Waals surface area contributed by atoms with E-state index in [-0.39, 0.29) is 17.7 Å². The second-order valence-corrected chi connectivity index (χ2v) is 9.06. The maximum Gasteiger partial charge on any atom is 0.191 e. The minimum Gasteiger partial charge on any atom is -0.493 e. The smallest absolute Gasteiger partial charge is 0.191 e. The van der Waals surface area contributed by atoms with Gasteiger partial charge in [0.2, 0.25) is 0 Å². The van der Waals surface area contributed by atoms with Crippen LogP contribution in [0, 0.1) is 6.92 Å². The van der Waals surface area contributed by atoms with Crippen molar-refractivity contribution in [2.75, 3.05) is 47.0 Å². The number of benzene rings is 1. The maximum absolute atomic E-state index is 6.00. The number of guanidine groups is 1. The number of nitrogens with one attached hydrogen (secondary N) is 2. The van der Waals surface area contributed by atoms with Crippen LogP contribution >= 0.6 is 0 Å². The van der Waals surface area contributed by atoms with Crippen molar-refractivity contribution in [2.24, 2.45) is 4.99 Å². The highest BCUT2D eigenvalue weighted by Crippen LogP contribution is 2.22. The van der Waals surface area contributed by atoms with E-state index in [0.29, 0.717) is 19.8 Å². The van der Waals surface area contributed by atoms with Crippen LogP contribution in [0.5, 0.6) is 5.75 Å². The van der Waals surface area contributed by atoms with Crippen LogP contribution in [0.2, 0.25) is 0 Å². The number of hydrogen-bond donors (Lipinski definition) is 2. The Labute approximate surface area is 188 Å². The van der Waals surface area contributed by atoms with Crippen molar-refractivity contribution in [2.45, 2.75) is 65.3 Å². The molecule has 0 aliphatic carbocycles. The number of methoxy groups -OCH3 is 1. The molecule has 1 aromatic rings. The Balaban J connectivity index is 1.90. The Morgan fingerprint density at radius 3 is 2.55 bits per heavy atom. The Morgan fingerprint density at radius 1 is 1.19 bits per heavy atom. The normalized spacial score (nSPS) is 20.5. The van der Waals surface area contributed by atoms with Gasteiger partial charge >= 0.3 is 0 Å². The zero-order valence-corrected chi connectivity index (χ0v) is 20.5. The molecule has 1 aliphatic heterocycles. The second-order valence-electron chi connectivity index (χ2n) is 9.06. The van der Waals surface area contributed by atoms with E-state index in [4.69, 9.17) is 14.2 Å². The van der Waals surface area contributed by atoms with Crippen LogP contribution in [0.15, 0.2) is 23.2 Å². The molecule has 1 aromatic carbocycles. The fourth-order valence-corrected chi connectivity index (χ4v) is 3.81. The van der Waals surface area contributed by atoms with Gasteiger partial charge in [-0.25, -0.2) is 0 Å². The van der Waals surface area contributed by atoms with Crippen LogP contribution in [0.3, 0.4) is 0 Å². The maximum atomic E-state index is 6.00. The van der Waals surface area contributed by atoms with Crippen LogP contribution in [0.1, 0.15) is 45.2 Å². The van der Waals surface area contributed by atoms with Gasteiger partial charge in [-0.2, -0.15) is 0 Å². The van der Waals surface area contributed by atoms with E-state index in [1.54, 1.807) is 14.2 Å². The molecule has 0 saturated carbocycles. The zero-order chi connectivity index (χ0) is 22.9. The van der Waals surface area contributed by atoms with Gasteiger partial charge in [0.15, 0.2) is 5.96 Å². The lowest BCUT2D eigenvalue weighted by Crippen LogP contribution is -2.59. The molecule has 0 bridgehead atoms. The molecule has 0 amide bonds. The first-order valence-corrected chi connectivity index (χ1v) is 11.3. The summed E-state index contributed by atoms with van der Waals surface area (Å²) in [6.07, 6.45) is 1.38. The third-order valence-corrected chi connectivity index (χ3v) is 5.61. The Morgan fingerprint density at radius 2 is 1.90 bits per heavy atom. The zero-order valence-electron chi connectivity index (χ0n) is 20.5. The first-order valence-electron chi connectivity index (χ1n) is 11.3. The molecule has 176 valence electrons. The van der Waals surface area contributed by atoms with E-state index >= 15 is 0 Å². The predicted octanol–water partition coefficient (Wildman–Crippen LogP) is 2.96. The molecule has 1 aliphatic rings. The van der Waals surface area contributed by atoms with E-state index in [1.165, 1.54) is 5.56 Å². The molecule has 2 rings (SSSR count). The molecule has 1 saturated heterocycles. The molecule has 1 fully saturated rings. The minimum absolute atomic E-state index is 0.0105. The summed E-state index contributed by atoms with van der Waals surface area (Å²) >= 11 is 0. The lowest BCUT2D eigenvalue weighted by atomic mass is 10.00. The van der Waals surface area contributed by atoms with Crippen LogP contribution in [-0.2, 0) is 16.0 Å². The summed E-state index contributed by atoms with van der Waals surface area (Å²) in [5.74, 6) is 1.70. The second kappa shape index (κ2) is 12.3. The van der Waals surface area contributed by atoms with Gasteiger partial charge < -0.3 is 24.8 Å². The van der Waals surface area contributed by atoms with Gasteiger partial charge in [0.1, 0.15) is 5.75 Å². The monoisotopic (exact) mass is 434 g/mol. The molecule has 0 radical (unpaired) electrons. The van der Waals surface area contributed by atoms with Crippen LogP contribution < -0.4 is 15.4 Å². The minimum atomic E-state index is -0.0105. The van der Waals surface area contributed by atoms with Crippen molar-refractivity contribution >= 4 is 5.96 Å². The van der Waals surface area contributed by atoms with Crippen molar-refractivity contribution in [1.82, 2.24) is 15.5 Å². The molecular formula is C24H42N4O3. The third-order valence-electron chi connectivity index (χ3n) is 5.61. The third kappa shape index (κ3) is 8.31. The van der Waals surface area contributed by atoms with Gasteiger partial charge in [-0.15, -0.1) is 0 Å². The molecule has 31 heavy (non-hydrogen) atoms. The molecular weight excluding hydrogens is 392 g/mol. The number of rotatable bonds is 10. The summed E-state index contributed by atoms with van der Waals surface area (Å²) in [5.41, 5.74) is 2.29. The van der Waals surface area contributed by atoms with Crippen molar-refractivity contribution in [3.63, 3.8) is 0 Å². The molecule has 7 heteroatoms. The first kappa shape index (κ1) is 25.4. The van der Waals surface area contributed by atoms with Gasteiger partial charge in [-0.3, -0.25) is 9.89 Å². The Hall–Kier alpha value is -1.83. The van der Waals surface area contributed by atoms with E-state index in [9.17, 15) is 0 Å². The molecule has 0 spiro atoms. The molecule has 7 nitrogen and oxygen atoms in total. The fraction of sp³-hybridized carbons (Fsp3) is 0.708. The van der Waals surface area contributed by atoms with Gasteiger partial charge in [0.05, 0.1) is 18.8 Å². The molecule has 0 aromatic heterocycles. The average molecular weight is 435 g/mol. The predicted molar refractivity (Wildman–Crippen MR) is 127 cm³/mol.